The van der Waals surface area contributed by atoms with Crippen molar-refractivity contribution in [1.82, 2.24) is 5.32 Å². The van der Waals surface area contributed by atoms with Gasteiger partial charge in [-0.25, -0.2) is 17.2 Å². The monoisotopic (exact) mass is 442 g/mol. The van der Waals surface area contributed by atoms with E-state index in [9.17, 15) is 22.0 Å². The number of benzene rings is 2. The zero-order valence-corrected chi connectivity index (χ0v) is 18.0. The third-order valence-electron chi connectivity index (χ3n) is 4.02. The molecule has 0 bridgehead atoms. The second-order valence-corrected chi connectivity index (χ2v) is 9.63. The van der Waals surface area contributed by atoms with Crippen LogP contribution in [0.25, 0.3) is 0 Å². The first-order chi connectivity index (χ1) is 13.7. The lowest BCUT2D eigenvalue weighted by atomic mass is 10.2. The number of hydrogen-bond acceptors (Lipinski definition) is 4. The summed E-state index contributed by atoms with van der Waals surface area (Å²) in [5, 5.41) is 2.66. The SMILES string of the molecule is Cc1cccc(CSCCCNC(=O)CN(c2ccc(F)c(F)c2)S(C)(=O)=O)c1. The summed E-state index contributed by atoms with van der Waals surface area (Å²) >= 11 is 1.75. The molecule has 9 heteroatoms. The Hall–Kier alpha value is -2.13. The molecule has 1 amide bonds. The molecular formula is C20H24F2N2O3S2. The van der Waals surface area contributed by atoms with E-state index in [2.05, 4.69) is 17.4 Å². The second kappa shape index (κ2) is 10.6. The maximum Gasteiger partial charge on any atom is 0.240 e. The van der Waals surface area contributed by atoms with Gasteiger partial charge in [-0.1, -0.05) is 29.8 Å². The molecule has 0 aliphatic heterocycles. The lowest BCUT2D eigenvalue weighted by Crippen LogP contribution is -2.40. The van der Waals surface area contributed by atoms with E-state index in [0.29, 0.717) is 6.54 Å². The van der Waals surface area contributed by atoms with Gasteiger partial charge in [0.15, 0.2) is 11.6 Å². The molecule has 0 aromatic heterocycles. The summed E-state index contributed by atoms with van der Waals surface area (Å²) in [5.41, 5.74) is 2.36. The molecule has 0 heterocycles. The fraction of sp³-hybridized carbons (Fsp3) is 0.350. The van der Waals surface area contributed by atoms with E-state index in [4.69, 9.17) is 0 Å². The molecule has 0 radical (unpaired) electrons. The van der Waals surface area contributed by atoms with Gasteiger partial charge < -0.3 is 5.32 Å². The van der Waals surface area contributed by atoms with Crippen LogP contribution in [0.15, 0.2) is 42.5 Å². The second-order valence-electron chi connectivity index (χ2n) is 6.61. The van der Waals surface area contributed by atoms with Gasteiger partial charge in [-0.2, -0.15) is 11.8 Å². The first-order valence-corrected chi connectivity index (χ1v) is 12.0. The number of hydrogen-bond donors (Lipinski definition) is 1. The van der Waals surface area contributed by atoms with Gasteiger partial charge in [0, 0.05) is 18.4 Å². The molecule has 0 spiro atoms. The van der Waals surface area contributed by atoms with Gasteiger partial charge >= 0.3 is 0 Å². The number of nitrogens with zero attached hydrogens (tertiary/aromatic N) is 1. The van der Waals surface area contributed by atoms with E-state index in [1.807, 2.05) is 19.1 Å². The fourth-order valence-electron chi connectivity index (χ4n) is 2.62. The Bertz CT molecular complexity index is 952. The topological polar surface area (TPSA) is 66.5 Å². The largest absolute Gasteiger partial charge is 0.354 e. The van der Waals surface area contributed by atoms with Crippen LogP contribution in [0.4, 0.5) is 14.5 Å². The van der Waals surface area contributed by atoms with Gasteiger partial charge in [-0.05, 0) is 36.8 Å². The molecule has 2 aromatic rings. The molecule has 2 rings (SSSR count). The van der Waals surface area contributed by atoms with Crippen LogP contribution in [0, 0.1) is 18.6 Å². The Morgan fingerprint density at radius 3 is 2.55 bits per heavy atom. The molecule has 0 aliphatic rings. The molecule has 0 atom stereocenters. The molecule has 158 valence electrons. The zero-order chi connectivity index (χ0) is 21.4. The van der Waals surface area contributed by atoms with Crippen LogP contribution in [-0.2, 0) is 20.6 Å². The Morgan fingerprint density at radius 1 is 1.14 bits per heavy atom. The summed E-state index contributed by atoms with van der Waals surface area (Å²) in [6.45, 7) is 1.94. The van der Waals surface area contributed by atoms with Crippen molar-refractivity contribution in [2.45, 2.75) is 19.1 Å². The molecule has 0 saturated heterocycles. The number of carbonyl (C=O) groups excluding carboxylic acids is 1. The number of halogens is 2. The highest BCUT2D eigenvalue weighted by Crippen LogP contribution is 2.20. The summed E-state index contributed by atoms with van der Waals surface area (Å²) in [5.74, 6) is -1.05. The van der Waals surface area contributed by atoms with E-state index >= 15 is 0 Å². The molecule has 0 unspecified atom stereocenters. The smallest absolute Gasteiger partial charge is 0.240 e. The van der Waals surface area contributed by atoms with Crippen LogP contribution in [0.1, 0.15) is 17.5 Å². The molecule has 1 N–H and O–H groups in total. The van der Waals surface area contributed by atoms with Crippen LogP contribution < -0.4 is 9.62 Å². The molecular weight excluding hydrogens is 418 g/mol. The van der Waals surface area contributed by atoms with Gasteiger partial charge in [0.05, 0.1) is 11.9 Å². The summed E-state index contributed by atoms with van der Waals surface area (Å²) in [7, 11) is -3.84. The Balaban J connectivity index is 1.79. The summed E-state index contributed by atoms with van der Waals surface area (Å²) in [4.78, 5) is 12.1. The van der Waals surface area contributed by atoms with Gasteiger partial charge in [0.1, 0.15) is 6.54 Å². The van der Waals surface area contributed by atoms with Crippen molar-refractivity contribution < 1.29 is 22.0 Å². The Morgan fingerprint density at radius 2 is 1.90 bits per heavy atom. The van der Waals surface area contributed by atoms with Crippen LogP contribution >= 0.6 is 11.8 Å². The van der Waals surface area contributed by atoms with Crippen molar-refractivity contribution >= 4 is 33.4 Å². The highest BCUT2D eigenvalue weighted by atomic mass is 32.2. The number of thioether (sulfide) groups is 1. The van der Waals surface area contributed by atoms with Crippen molar-refractivity contribution in [1.29, 1.82) is 0 Å². The minimum Gasteiger partial charge on any atom is -0.354 e. The van der Waals surface area contributed by atoms with Crippen LogP contribution in [-0.4, -0.2) is 39.4 Å². The predicted octanol–water partition coefficient (Wildman–Crippen LogP) is 3.48. The van der Waals surface area contributed by atoms with Crippen LogP contribution in [0.2, 0.25) is 0 Å². The standard InChI is InChI=1S/C20H24F2N2O3S2/c1-15-5-3-6-16(11-15)14-28-10-4-9-23-20(25)13-24(29(2,26)27)17-7-8-18(21)19(22)12-17/h3,5-8,11-12H,4,9-10,13-14H2,1-2H3,(H,23,25). The van der Waals surface area contributed by atoms with Crippen molar-refractivity contribution in [2.75, 3.05) is 29.4 Å². The lowest BCUT2D eigenvalue weighted by Gasteiger charge is -2.22. The quantitative estimate of drug-likeness (QED) is 0.572. The number of carbonyl (C=O) groups is 1. The summed E-state index contributed by atoms with van der Waals surface area (Å²) in [6, 6.07) is 11.0. The minimum atomic E-state index is -3.84. The molecule has 29 heavy (non-hydrogen) atoms. The number of sulfonamides is 1. The number of nitrogens with one attached hydrogen (secondary N) is 1. The maximum atomic E-state index is 13.4. The molecule has 0 fully saturated rings. The molecule has 0 saturated carbocycles. The first-order valence-electron chi connectivity index (χ1n) is 8.99. The van der Waals surface area contributed by atoms with Crippen molar-refractivity contribution in [3.8, 4) is 0 Å². The zero-order valence-electron chi connectivity index (χ0n) is 16.3. The number of aryl methyl sites for hydroxylation is 1. The highest BCUT2D eigenvalue weighted by molar-refractivity contribution is 7.98. The highest BCUT2D eigenvalue weighted by Gasteiger charge is 2.21. The lowest BCUT2D eigenvalue weighted by molar-refractivity contribution is -0.119. The van der Waals surface area contributed by atoms with Gasteiger partial charge in [0.25, 0.3) is 0 Å². The van der Waals surface area contributed by atoms with Gasteiger partial charge in [-0.3, -0.25) is 9.10 Å². The van der Waals surface area contributed by atoms with E-state index in [-0.39, 0.29) is 5.69 Å². The summed E-state index contributed by atoms with van der Waals surface area (Å²) in [6.07, 6.45) is 1.63. The Labute approximate surface area is 174 Å². The summed E-state index contributed by atoms with van der Waals surface area (Å²) < 4.78 is 51.2. The molecule has 5 nitrogen and oxygen atoms in total. The Kier molecular flexibility index (Phi) is 8.45. The number of rotatable bonds is 10. The average Bonchev–Trinajstić information content (AvgIpc) is 2.64. The average molecular weight is 443 g/mol. The van der Waals surface area contributed by atoms with Crippen molar-refractivity contribution in [3.05, 3.63) is 65.2 Å². The predicted molar refractivity (Wildman–Crippen MR) is 114 cm³/mol. The normalized spacial score (nSPS) is 11.3. The fourth-order valence-corrected chi connectivity index (χ4v) is 4.38. The minimum absolute atomic E-state index is 0.102. The number of amides is 1. The van der Waals surface area contributed by atoms with Crippen LogP contribution in [0.3, 0.4) is 0 Å². The third kappa shape index (κ3) is 7.66. The van der Waals surface area contributed by atoms with Gasteiger partial charge in [-0.15, -0.1) is 0 Å². The van der Waals surface area contributed by atoms with Crippen molar-refractivity contribution in [3.63, 3.8) is 0 Å². The van der Waals surface area contributed by atoms with Crippen LogP contribution in [0.5, 0.6) is 0 Å². The molecule has 0 aliphatic carbocycles. The first kappa shape index (κ1) is 23.2. The third-order valence-corrected chi connectivity index (χ3v) is 6.27. The van der Waals surface area contributed by atoms with Crippen molar-refractivity contribution in [2.24, 2.45) is 0 Å². The van der Waals surface area contributed by atoms with E-state index in [1.165, 1.54) is 11.1 Å². The van der Waals surface area contributed by atoms with E-state index in [1.54, 1.807) is 11.8 Å². The van der Waals surface area contributed by atoms with E-state index < -0.39 is 34.1 Å². The molecule has 2 aromatic carbocycles. The van der Waals surface area contributed by atoms with E-state index in [0.717, 1.165) is 46.7 Å². The van der Waals surface area contributed by atoms with Gasteiger partial charge in [0.2, 0.25) is 15.9 Å². The number of anilines is 1. The maximum absolute atomic E-state index is 13.4.